The van der Waals surface area contributed by atoms with Crippen LogP contribution in [0.5, 0.6) is 11.5 Å². The molecule has 0 spiro atoms. The third-order valence-electron chi connectivity index (χ3n) is 5.77. The van der Waals surface area contributed by atoms with Gasteiger partial charge in [-0.2, -0.15) is 0 Å². The second-order valence-electron chi connectivity index (χ2n) is 7.13. The number of fused-ring (bicyclic) bond motifs is 3. The molecule has 1 aromatic carbocycles. The van der Waals surface area contributed by atoms with Crippen LogP contribution in [0.15, 0.2) is 35.6 Å². The van der Waals surface area contributed by atoms with Crippen molar-refractivity contribution < 1.29 is 38.4 Å². The largest absolute Gasteiger partial charge is 0.492 e. The van der Waals surface area contributed by atoms with Gasteiger partial charge in [-0.1, -0.05) is 0 Å². The summed E-state index contributed by atoms with van der Waals surface area (Å²) < 4.78 is 21.2. The van der Waals surface area contributed by atoms with Gasteiger partial charge in [0.2, 0.25) is 12.6 Å². The summed E-state index contributed by atoms with van der Waals surface area (Å²) in [7, 11) is 1.31. The Morgan fingerprint density at radius 3 is 2.46 bits per heavy atom. The van der Waals surface area contributed by atoms with Gasteiger partial charge in [-0.15, -0.1) is 0 Å². The summed E-state index contributed by atoms with van der Waals surface area (Å²) in [6, 6.07) is 3.42. The topological polar surface area (TPSA) is 108 Å². The number of methoxy groups -OCH3 is 1. The fourth-order valence-electron chi connectivity index (χ4n) is 4.46. The molecule has 0 radical (unpaired) electrons. The number of rotatable bonds is 2. The zero-order valence-electron chi connectivity index (χ0n) is 14.8. The lowest BCUT2D eigenvalue weighted by Crippen LogP contribution is -2.35. The Morgan fingerprint density at radius 1 is 1.04 bits per heavy atom. The van der Waals surface area contributed by atoms with Crippen LogP contribution in [0.3, 0.4) is 0 Å². The lowest BCUT2D eigenvalue weighted by atomic mass is 9.65. The van der Waals surface area contributed by atoms with Gasteiger partial charge >= 0.3 is 5.97 Å². The summed E-state index contributed by atoms with van der Waals surface area (Å²) in [4.78, 5) is 36.7. The van der Waals surface area contributed by atoms with Crippen molar-refractivity contribution >= 4 is 17.5 Å². The Hall–Kier alpha value is -3.13. The lowest BCUT2D eigenvalue weighted by Gasteiger charge is -2.37. The minimum absolute atomic E-state index is 0.0668. The van der Waals surface area contributed by atoms with Crippen LogP contribution in [-0.2, 0) is 23.9 Å². The van der Waals surface area contributed by atoms with Crippen molar-refractivity contribution in [1.82, 2.24) is 0 Å². The molecule has 0 amide bonds. The van der Waals surface area contributed by atoms with E-state index in [2.05, 4.69) is 0 Å². The monoisotopic (exact) mass is 384 g/mol. The summed E-state index contributed by atoms with van der Waals surface area (Å²) in [6.45, 7) is 0.146. The number of aliphatic hydroxyl groups excluding tert-OH is 1. The van der Waals surface area contributed by atoms with E-state index >= 15 is 0 Å². The molecule has 0 saturated carbocycles. The van der Waals surface area contributed by atoms with Crippen LogP contribution in [0.4, 0.5) is 0 Å². The second kappa shape index (κ2) is 5.93. The Balaban J connectivity index is 1.72. The number of hydrogen-bond acceptors (Lipinski definition) is 8. The molecule has 2 heterocycles. The van der Waals surface area contributed by atoms with E-state index in [0.717, 1.165) is 0 Å². The van der Waals surface area contributed by atoms with Crippen LogP contribution in [0.1, 0.15) is 23.1 Å². The van der Waals surface area contributed by atoms with Crippen molar-refractivity contribution in [3.05, 3.63) is 46.7 Å². The highest BCUT2D eigenvalue weighted by atomic mass is 16.7. The first kappa shape index (κ1) is 17.0. The van der Waals surface area contributed by atoms with Crippen LogP contribution in [0, 0.1) is 11.8 Å². The van der Waals surface area contributed by atoms with Gasteiger partial charge in [-0.25, -0.2) is 0 Å². The third kappa shape index (κ3) is 2.24. The molecule has 8 nitrogen and oxygen atoms in total. The van der Waals surface area contributed by atoms with Gasteiger partial charge in [0.1, 0.15) is 0 Å². The lowest BCUT2D eigenvalue weighted by molar-refractivity contribution is -0.141. The maximum absolute atomic E-state index is 12.5. The van der Waals surface area contributed by atoms with E-state index in [4.69, 9.17) is 18.9 Å². The smallest absolute Gasteiger partial charge is 0.310 e. The number of ether oxygens (including phenoxy) is 4. The average molecular weight is 384 g/mol. The van der Waals surface area contributed by atoms with Crippen LogP contribution in [-0.4, -0.2) is 43.2 Å². The first-order valence-corrected chi connectivity index (χ1v) is 8.83. The van der Waals surface area contributed by atoms with Crippen molar-refractivity contribution in [2.45, 2.75) is 12.0 Å². The predicted molar refractivity (Wildman–Crippen MR) is 91.4 cm³/mol. The summed E-state index contributed by atoms with van der Waals surface area (Å²) >= 11 is 0. The standard InChI is InChI=1S/C20H16O8/c1-25-15-3-8(2-12(21)19(15)23)16-9-4-13-14(28-7-27-13)5-10(9)18(22)11-6-26-20(24)17(11)16/h2-5,11,16-18,22H,6-7H2,1H3/t11-,16+,17-,18-/m1/s1. The summed E-state index contributed by atoms with van der Waals surface area (Å²) in [5.41, 5.74) is 1.69. The van der Waals surface area contributed by atoms with E-state index in [1.54, 1.807) is 12.1 Å². The Kier molecular flexibility index (Phi) is 3.60. The molecule has 1 saturated heterocycles. The number of allylic oxidation sites excluding steroid dienone is 4. The minimum atomic E-state index is -0.926. The van der Waals surface area contributed by atoms with Crippen molar-refractivity contribution in [1.29, 1.82) is 0 Å². The average Bonchev–Trinajstić information content (AvgIpc) is 3.30. The Bertz CT molecular complexity index is 988. The van der Waals surface area contributed by atoms with E-state index < -0.39 is 41.4 Å². The molecule has 2 aliphatic heterocycles. The first-order chi connectivity index (χ1) is 13.5. The number of aliphatic hydroxyl groups is 1. The molecule has 28 heavy (non-hydrogen) atoms. The Labute approximate surface area is 159 Å². The zero-order valence-corrected chi connectivity index (χ0v) is 14.8. The maximum atomic E-state index is 12.5. The fraction of sp³-hybridized carbons (Fsp3) is 0.350. The van der Waals surface area contributed by atoms with Crippen LogP contribution in [0.2, 0.25) is 0 Å². The molecule has 1 N–H and O–H groups in total. The van der Waals surface area contributed by atoms with E-state index in [-0.39, 0.29) is 19.2 Å². The SMILES string of the molecule is COC1=CC([C@H]2c3cc4c(cc3[C@@H](O)[C@@H]3COC(=O)[C@H]32)OCO4)=CC(=O)C1=O. The van der Waals surface area contributed by atoms with Gasteiger partial charge in [-0.3, -0.25) is 14.4 Å². The molecular formula is C20H16O8. The predicted octanol–water partition coefficient (Wildman–Crippen LogP) is 0.944. The summed E-state index contributed by atoms with van der Waals surface area (Å²) in [5.74, 6) is -2.73. The summed E-state index contributed by atoms with van der Waals surface area (Å²) in [6.07, 6.45) is 1.78. The first-order valence-electron chi connectivity index (χ1n) is 8.83. The second-order valence-corrected chi connectivity index (χ2v) is 7.13. The van der Waals surface area contributed by atoms with Crippen molar-refractivity contribution in [3.8, 4) is 11.5 Å². The molecule has 1 aromatic rings. The van der Waals surface area contributed by atoms with Crippen molar-refractivity contribution in [2.75, 3.05) is 20.5 Å². The molecule has 5 rings (SSSR count). The molecule has 0 unspecified atom stereocenters. The number of cyclic esters (lactones) is 1. The normalized spacial score (nSPS) is 30.3. The van der Waals surface area contributed by atoms with E-state index in [1.165, 1.54) is 19.3 Å². The molecule has 4 atom stereocenters. The highest BCUT2D eigenvalue weighted by Gasteiger charge is 2.52. The molecule has 144 valence electrons. The molecule has 1 fully saturated rings. The fourth-order valence-corrected chi connectivity index (χ4v) is 4.46. The highest BCUT2D eigenvalue weighted by Crippen LogP contribution is 2.54. The van der Waals surface area contributed by atoms with Gasteiger partial charge in [0.25, 0.3) is 5.78 Å². The van der Waals surface area contributed by atoms with Crippen LogP contribution >= 0.6 is 0 Å². The Morgan fingerprint density at radius 2 is 1.75 bits per heavy atom. The minimum Gasteiger partial charge on any atom is -0.492 e. The highest BCUT2D eigenvalue weighted by molar-refractivity contribution is 6.47. The maximum Gasteiger partial charge on any atom is 0.310 e. The van der Waals surface area contributed by atoms with Gasteiger partial charge in [-0.05, 0) is 41.0 Å². The van der Waals surface area contributed by atoms with Crippen LogP contribution < -0.4 is 9.47 Å². The van der Waals surface area contributed by atoms with Crippen molar-refractivity contribution in [3.63, 3.8) is 0 Å². The zero-order chi connectivity index (χ0) is 19.6. The molecule has 0 bridgehead atoms. The molecule has 8 heteroatoms. The van der Waals surface area contributed by atoms with Gasteiger partial charge in [0, 0.05) is 11.8 Å². The van der Waals surface area contributed by atoms with Gasteiger partial charge < -0.3 is 24.1 Å². The van der Waals surface area contributed by atoms with E-state index in [1.807, 2.05) is 0 Å². The molecular weight excluding hydrogens is 368 g/mol. The number of ketones is 2. The quantitative estimate of drug-likeness (QED) is 0.456. The van der Waals surface area contributed by atoms with E-state index in [9.17, 15) is 19.5 Å². The van der Waals surface area contributed by atoms with Gasteiger partial charge in [0.15, 0.2) is 17.3 Å². The molecule has 4 aliphatic rings. The molecule has 0 aromatic heterocycles. The van der Waals surface area contributed by atoms with Crippen molar-refractivity contribution in [2.24, 2.45) is 11.8 Å². The number of benzene rings is 1. The van der Waals surface area contributed by atoms with E-state index in [0.29, 0.717) is 28.2 Å². The molecule has 2 aliphatic carbocycles. The number of hydrogen-bond donors (Lipinski definition) is 1. The number of esters is 1. The third-order valence-corrected chi connectivity index (χ3v) is 5.77. The number of carbonyl (C=O) groups excluding carboxylic acids is 3. The van der Waals surface area contributed by atoms with Gasteiger partial charge in [0.05, 0.1) is 25.7 Å². The number of Topliss-reactive ketones (excluding diaryl/α,β-unsaturated/α-hetero) is 1. The number of carbonyl (C=O) groups is 3. The van der Waals surface area contributed by atoms with Crippen LogP contribution in [0.25, 0.3) is 0 Å². The summed E-state index contributed by atoms with van der Waals surface area (Å²) in [5, 5.41) is 10.9.